The van der Waals surface area contributed by atoms with Crippen LogP contribution in [0.4, 0.5) is 5.82 Å². The Morgan fingerprint density at radius 1 is 1.30 bits per heavy atom. The van der Waals surface area contributed by atoms with E-state index in [1.165, 1.54) is 17.2 Å². The summed E-state index contributed by atoms with van der Waals surface area (Å²) in [4.78, 5) is 25.5. The van der Waals surface area contributed by atoms with E-state index in [9.17, 15) is 14.8 Å². The lowest BCUT2D eigenvalue weighted by Crippen LogP contribution is -2.31. The number of aromatic nitrogens is 4. The molecule has 0 unspecified atom stereocenters. The molecule has 2 aromatic rings. The van der Waals surface area contributed by atoms with Crippen LogP contribution in [0.5, 0.6) is 0 Å². The van der Waals surface area contributed by atoms with Gasteiger partial charge in [0.15, 0.2) is 11.9 Å². The third kappa shape index (κ3) is 2.98. The molecule has 0 aliphatic carbocycles. The molecule has 6 N–H and O–H groups in total. The van der Waals surface area contributed by atoms with E-state index >= 15 is 0 Å². The third-order valence-corrected chi connectivity index (χ3v) is 3.97. The van der Waals surface area contributed by atoms with Gasteiger partial charge in [0.2, 0.25) is 0 Å². The second kappa shape index (κ2) is 5.64. The predicted octanol–water partition coefficient (Wildman–Crippen LogP) is -1.28. The van der Waals surface area contributed by atoms with Crippen molar-refractivity contribution < 1.29 is 29.3 Å². The number of fused-ring (bicyclic) bond motifs is 1. The van der Waals surface area contributed by atoms with Crippen LogP contribution < -0.4 is 5.73 Å². The van der Waals surface area contributed by atoms with E-state index in [1.807, 2.05) is 0 Å². The van der Waals surface area contributed by atoms with E-state index in [0.717, 1.165) is 6.08 Å². The molecule has 0 bridgehead atoms. The summed E-state index contributed by atoms with van der Waals surface area (Å²) < 4.78 is 17.5. The van der Waals surface area contributed by atoms with Crippen molar-refractivity contribution in [2.24, 2.45) is 0 Å². The number of nitrogen functional groups attached to an aromatic ring is 1. The number of rotatable bonds is 3. The van der Waals surface area contributed by atoms with Crippen LogP contribution in [-0.2, 0) is 9.30 Å². The van der Waals surface area contributed by atoms with Crippen LogP contribution in [0.3, 0.4) is 0 Å². The van der Waals surface area contributed by atoms with Crippen LogP contribution >= 0.6 is 7.60 Å². The zero-order valence-corrected chi connectivity index (χ0v) is 12.4. The fourth-order valence-corrected chi connectivity index (χ4v) is 2.70. The van der Waals surface area contributed by atoms with E-state index in [-0.39, 0.29) is 5.82 Å². The quantitative estimate of drug-likeness (QED) is 0.422. The molecule has 124 valence electrons. The van der Waals surface area contributed by atoms with Gasteiger partial charge in [0.05, 0.1) is 11.6 Å². The molecule has 1 aliphatic rings. The SMILES string of the molecule is Nc1ncnc2c1cnn2[C@@H]1O[C@H](/C=C/P(=O)(O)O)[C@@H](O)[C@H]1O. The van der Waals surface area contributed by atoms with Crippen molar-refractivity contribution in [3.63, 3.8) is 0 Å². The highest BCUT2D eigenvalue weighted by Crippen LogP contribution is 2.38. The van der Waals surface area contributed by atoms with Crippen molar-refractivity contribution in [2.75, 3.05) is 5.73 Å². The highest BCUT2D eigenvalue weighted by molar-refractivity contribution is 7.55. The molecule has 0 saturated carbocycles. The fraction of sp³-hybridized carbons (Fsp3) is 0.364. The molecule has 2 aromatic heterocycles. The van der Waals surface area contributed by atoms with Crippen molar-refractivity contribution >= 4 is 24.4 Å². The van der Waals surface area contributed by atoms with E-state index in [2.05, 4.69) is 15.1 Å². The molecule has 0 aromatic carbocycles. The van der Waals surface area contributed by atoms with Crippen LogP contribution in [0.2, 0.25) is 0 Å². The van der Waals surface area contributed by atoms with Crippen molar-refractivity contribution in [3.8, 4) is 0 Å². The number of anilines is 1. The largest absolute Gasteiger partial charge is 0.387 e. The van der Waals surface area contributed by atoms with Crippen LogP contribution in [0.25, 0.3) is 11.0 Å². The smallest absolute Gasteiger partial charge is 0.348 e. The summed E-state index contributed by atoms with van der Waals surface area (Å²) in [6.45, 7) is 0. The molecular formula is C11H14N5O6P. The predicted molar refractivity (Wildman–Crippen MR) is 76.8 cm³/mol. The summed E-state index contributed by atoms with van der Waals surface area (Å²) in [5.74, 6) is 0.810. The molecule has 1 aliphatic heterocycles. The number of aliphatic hydroxyl groups is 2. The van der Waals surface area contributed by atoms with Crippen LogP contribution in [0.1, 0.15) is 6.23 Å². The van der Waals surface area contributed by atoms with Crippen molar-refractivity contribution in [2.45, 2.75) is 24.5 Å². The Bertz CT molecular complexity index is 803. The monoisotopic (exact) mass is 343 g/mol. The summed E-state index contributed by atoms with van der Waals surface area (Å²) in [6.07, 6.45) is -1.35. The van der Waals surface area contributed by atoms with Gasteiger partial charge in [-0.25, -0.2) is 14.6 Å². The highest BCUT2D eigenvalue weighted by Gasteiger charge is 2.43. The minimum Gasteiger partial charge on any atom is -0.387 e. The summed E-state index contributed by atoms with van der Waals surface area (Å²) >= 11 is 0. The van der Waals surface area contributed by atoms with E-state index in [0.29, 0.717) is 16.9 Å². The van der Waals surface area contributed by atoms with E-state index in [4.69, 9.17) is 20.3 Å². The maximum Gasteiger partial charge on any atom is 0.348 e. The van der Waals surface area contributed by atoms with Gasteiger partial charge < -0.3 is 30.5 Å². The molecule has 11 nitrogen and oxygen atoms in total. The standard InChI is InChI=1S/C11H14N5O6P/c12-9-5-3-15-16(10(5)14-4-13-9)11-8(18)7(17)6(22-11)1-2-23(19,20)21/h1-4,6-8,11,17-18H,(H2,12,13,14)(H2,19,20,21)/b2-1+/t6-,7-,8-,11-/m1/s1. The fourth-order valence-electron chi connectivity index (χ4n) is 2.31. The number of ether oxygens (including phenoxy) is 1. The van der Waals surface area contributed by atoms with Gasteiger partial charge in [0.25, 0.3) is 0 Å². The van der Waals surface area contributed by atoms with Gasteiger partial charge in [-0.1, -0.05) is 0 Å². The van der Waals surface area contributed by atoms with Crippen molar-refractivity contribution in [1.29, 1.82) is 0 Å². The highest BCUT2D eigenvalue weighted by atomic mass is 31.2. The number of nitrogens with zero attached hydrogens (tertiary/aromatic N) is 4. The lowest BCUT2D eigenvalue weighted by Gasteiger charge is -2.15. The van der Waals surface area contributed by atoms with Crippen molar-refractivity contribution in [1.82, 2.24) is 19.7 Å². The van der Waals surface area contributed by atoms with E-state index in [1.54, 1.807) is 0 Å². The average Bonchev–Trinajstić information content (AvgIpc) is 3.01. The first-order valence-corrected chi connectivity index (χ1v) is 8.16. The van der Waals surface area contributed by atoms with Gasteiger partial charge >= 0.3 is 7.60 Å². The molecule has 12 heteroatoms. The molecule has 3 rings (SSSR count). The molecular weight excluding hydrogens is 329 g/mol. The number of nitrogens with two attached hydrogens (primary N) is 1. The zero-order chi connectivity index (χ0) is 16.8. The van der Waals surface area contributed by atoms with Crippen LogP contribution in [-0.4, -0.2) is 58.1 Å². The second-order valence-electron chi connectivity index (χ2n) is 4.99. The first-order valence-electron chi connectivity index (χ1n) is 6.48. The van der Waals surface area contributed by atoms with Gasteiger partial charge in [0.1, 0.15) is 30.5 Å². The van der Waals surface area contributed by atoms with Gasteiger partial charge in [-0.2, -0.15) is 5.10 Å². The Labute approximate surface area is 129 Å². The third-order valence-electron chi connectivity index (χ3n) is 3.41. The summed E-state index contributed by atoms with van der Waals surface area (Å²) in [5, 5.41) is 24.6. The van der Waals surface area contributed by atoms with E-state index < -0.39 is 32.1 Å². The van der Waals surface area contributed by atoms with Crippen molar-refractivity contribution in [3.05, 3.63) is 24.4 Å². The number of hydrogen-bond donors (Lipinski definition) is 5. The number of aliphatic hydroxyl groups excluding tert-OH is 2. The Hall–Kier alpha value is -1.88. The minimum absolute atomic E-state index is 0.201. The Morgan fingerprint density at radius 2 is 2.04 bits per heavy atom. The summed E-state index contributed by atoms with van der Waals surface area (Å²) in [6, 6.07) is 0. The first kappa shape index (κ1) is 16.0. The molecule has 1 saturated heterocycles. The van der Waals surface area contributed by atoms with Gasteiger partial charge in [-0.05, 0) is 6.08 Å². The minimum atomic E-state index is -4.40. The Kier molecular flexibility index (Phi) is 3.92. The van der Waals surface area contributed by atoms with Gasteiger partial charge in [-0.3, -0.25) is 4.57 Å². The summed E-state index contributed by atoms with van der Waals surface area (Å²) in [7, 11) is -4.40. The van der Waals surface area contributed by atoms with Crippen LogP contribution in [0.15, 0.2) is 24.4 Å². The summed E-state index contributed by atoms with van der Waals surface area (Å²) in [5.41, 5.74) is 6.00. The van der Waals surface area contributed by atoms with Gasteiger partial charge in [0, 0.05) is 5.82 Å². The Morgan fingerprint density at radius 3 is 2.74 bits per heavy atom. The molecule has 0 amide bonds. The first-order chi connectivity index (χ1) is 10.8. The average molecular weight is 343 g/mol. The molecule has 23 heavy (non-hydrogen) atoms. The maximum absolute atomic E-state index is 10.9. The lowest BCUT2D eigenvalue weighted by molar-refractivity contribution is -0.0318. The lowest BCUT2D eigenvalue weighted by atomic mass is 10.1. The van der Waals surface area contributed by atoms with Gasteiger partial charge in [-0.15, -0.1) is 0 Å². The molecule has 1 fully saturated rings. The molecule has 3 heterocycles. The Balaban J connectivity index is 1.93. The van der Waals surface area contributed by atoms with Crippen LogP contribution in [0, 0.1) is 0 Å². The maximum atomic E-state index is 10.9. The molecule has 0 radical (unpaired) electrons. The second-order valence-corrected chi connectivity index (χ2v) is 6.46. The molecule has 0 spiro atoms. The zero-order valence-electron chi connectivity index (χ0n) is 11.5. The number of hydrogen-bond acceptors (Lipinski definition) is 8. The molecule has 4 atom stereocenters. The topological polar surface area (TPSA) is 177 Å². The normalized spacial score (nSPS) is 28.9.